The number of rotatable bonds is 15. The van der Waals surface area contributed by atoms with Crippen LogP contribution in [0.4, 0.5) is 15.3 Å². The van der Waals surface area contributed by atoms with Crippen LogP contribution in [0.1, 0.15) is 49.5 Å². The number of anilines is 1. The van der Waals surface area contributed by atoms with E-state index in [1.165, 1.54) is 11.3 Å². The molecule has 3 amide bonds. The van der Waals surface area contributed by atoms with Crippen LogP contribution in [0, 0.1) is 0 Å². The predicted octanol–water partition coefficient (Wildman–Crippen LogP) is 3.90. The van der Waals surface area contributed by atoms with Crippen LogP contribution in [0.15, 0.2) is 41.8 Å². The van der Waals surface area contributed by atoms with Crippen molar-refractivity contribution in [1.29, 1.82) is 0 Å². The van der Waals surface area contributed by atoms with Gasteiger partial charge in [0, 0.05) is 43.1 Å². The summed E-state index contributed by atoms with van der Waals surface area (Å²) in [5.41, 5.74) is 5.57. The maximum atomic E-state index is 12.8. The van der Waals surface area contributed by atoms with Crippen molar-refractivity contribution >= 4 is 39.2 Å². The number of amides is 3. The summed E-state index contributed by atoms with van der Waals surface area (Å²) in [6.07, 6.45) is 3.39. The lowest BCUT2D eigenvalue weighted by Crippen LogP contribution is -2.47. The summed E-state index contributed by atoms with van der Waals surface area (Å²) in [6.45, 7) is 2.60. The summed E-state index contributed by atoms with van der Waals surface area (Å²) in [6, 6.07) is 9.86. The molecule has 2 atom stereocenters. The molecule has 2 rings (SSSR count). The molecule has 10 nitrogen and oxygen atoms in total. The Morgan fingerprint density at radius 2 is 2.00 bits per heavy atom. The molecule has 1 aromatic heterocycles. The highest BCUT2D eigenvalue weighted by atomic mass is 32.2. The predicted molar refractivity (Wildman–Crippen MR) is 141 cm³/mol. The quantitative estimate of drug-likeness (QED) is 0.269. The molecule has 1 aromatic carbocycles. The van der Waals surface area contributed by atoms with Crippen LogP contribution in [0.2, 0.25) is 0 Å². The number of carbonyl (C=O) groups is 2. The third kappa shape index (κ3) is 10.0. The van der Waals surface area contributed by atoms with Crippen molar-refractivity contribution in [3.05, 3.63) is 52.2 Å². The second kappa shape index (κ2) is 14.0. The molecule has 0 aliphatic rings. The molecule has 5 N–H and O–H groups in total. The SMILES string of the molecule is CCCCC(CC(CCOC)(OC(N)=O)c1cccs1)NC(=O)NCc1cccc(NS(C)(=O)=O)c1. The van der Waals surface area contributed by atoms with Gasteiger partial charge in [-0.25, -0.2) is 18.0 Å². The van der Waals surface area contributed by atoms with E-state index in [2.05, 4.69) is 22.3 Å². The average molecular weight is 541 g/mol. The van der Waals surface area contributed by atoms with Gasteiger partial charge in [-0.15, -0.1) is 11.3 Å². The summed E-state index contributed by atoms with van der Waals surface area (Å²) >= 11 is 1.45. The molecule has 0 spiro atoms. The largest absolute Gasteiger partial charge is 0.437 e. The van der Waals surface area contributed by atoms with Gasteiger partial charge in [0.15, 0.2) is 5.60 Å². The average Bonchev–Trinajstić information content (AvgIpc) is 3.34. The maximum absolute atomic E-state index is 12.8. The van der Waals surface area contributed by atoms with Crippen LogP contribution in [0.25, 0.3) is 0 Å². The van der Waals surface area contributed by atoms with Gasteiger partial charge < -0.3 is 25.8 Å². The lowest BCUT2D eigenvalue weighted by molar-refractivity contribution is -0.0217. The molecule has 0 aliphatic heterocycles. The minimum absolute atomic E-state index is 0.198. The molecule has 0 saturated heterocycles. The van der Waals surface area contributed by atoms with Crippen molar-refractivity contribution in [1.82, 2.24) is 10.6 Å². The Morgan fingerprint density at radius 3 is 2.61 bits per heavy atom. The van der Waals surface area contributed by atoms with Crippen LogP contribution in [-0.2, 0) is 31.6 Å². The number of thiophene rings is 1. The number of benzene rings is 1. The zero-order chi connectivity index (χ0) is 26.6. The normalized spacial score (nSPS) is 13.9. The van der Waals surface area contributed by atoms with E-state index in [9.17, 15) is 18.0 Å². The number of carbonyl (C=O) groups excluding carboxylic acids is 2. The number of sulfonamides is 1. The summed E-state index contributed by atoms with van der Waals surface area (Å²) < 4.78 is 36.4. The van der Waals surface area contributed by atoms with Gasteiger partial charge in [-0.2, -0.15) is 0 Å². The van der Waals surface area contributed by atoms with E-state index < -0.39 is 21.7 Å². The molecule has 0 aliphatic carbocycles. The smallest absolute Gasteiger partial charge is 0.405 e. The standard InChI is InChI=1S/C24H36N4O6S2/c1-4-5-9-20(16-24(12-13-33-2,34-22(25)29)21-11-7-14-35-21)27-23(30)26-17-18-8-6-10-19(15-18)28-36(3,31)32/h6-8,10-11,14-15,20,28H,4-5,9,12-13,16-17H2,1-3H3,(H2,25,29)(H2,26,27,30). The number of primary amides is 1. The lowest BCUT2D eigenvalue weighted by Gasteiger charge is -2.35. The summed E-state index contributed by atoms with van der Waals surface area (Å²) in [5.74, 6) is 0. The number of nitrogens with two attached hydrogens (primary N) is 1. The van der Waals surface area contributed by atoms with E-state index in [0.29, 0.717) is 31.6 Å². The van der Waals surface area contributed by atoms with Crippen LogP contribution in [-0.4, -0.2) is 46.6 Å². The Kier molecular flexibility index (Phi) is 11.5. The van der Waals surface area contributed by atoms with Crippen molar-refractivity contribution in [2.24, 2.45) is 5.73 Å². The zero-order valence-electron chi connectivity index (χ0n) is 20.9. The van der Waals surface area contributed by atoms with Gasteiger partial charge in [0.05, 0.1) is 12.9 Å². The first kappa shape index (κ1) is 29.4. The van der Waals surface area contributed by atoms with Gasteiger partial charge in [-0.3, -0.25) is 4.72 Å². The van der Waals surface area contributed by atoms with Crippen LogP contribution in [0.3, 0.4) is 0 Å². The van der Waals surface area contributed by atoms with Gasteiger partial charge in [0.2, 0.25) is 10.0 Å². The second-order valence-electron chi connectivity index (χ2n) is 8.58. The van der Waals surface area contributed by atoms with Gasteiger partial charge in [-0.05, 0) is 35.6 Å². The number of methoxy groups -OCH3 is 1. The molecule has 0 radical (unpaired) electrons. The summed E-state index contributed by atoms with van der Waals surface area (Å²) in [4.78, 5) is 25.5. The van der Waals surface area contributed by atoms with E-state index in [1.54, 1.807) is 31.4 Å². The van der Waals surface area contributed by atoms with E-state index in [0.717, 1.165) is 29.5 Å². The molecular formula is C24H36N4O6S2. The molecular weight excluding hydrogens is 504 g/mol. The maximum Gasteiger partial charge on any atom is 0.405 e. The summed E-state index contributed by atoms with van der Waals surface area (Å²) in [5, 5.41) is 7.73. The monoisotopic (exact) mass is 540 g/mol. The third-order valence-electron chi connectivity index (χ3n) is 5.48. The van der Waals surface area contributed by atoms with E-state index >= 15 is 0 Å². The summed E-state index contributed by atoms with van der Waals surface area (Å²) in [7, 11) is -1.83. The van der Waals surface area contributed by atoms with Crippen LogP contribution >= 0.6 is 11.3 Å². The molecule has 12 heteroatoms. The highest BCUT2D eigenvalue weighted by molar-refractivity contribution is 7.92. The number of hydrogen-bond acceptors (Lipinski definition) is 7. The second-order valence-corrected chi connectivity index (χ2v) is 11.3. The minimum Gasteiger partial charge on any atom is -0.437 e. The molecule has 0 fully saturated rings. The molecule has 1 heterocycles. The first-order valence-corrected chi connectivity index (χ1v) is 14.5. The van der Waals surface area contributed by atoms with Gasteiger partial charge >= 0.3 is 12.1 Å². The number of unbranched alkanes of at least 4 members (excludes halogenated alkanes) is 1. The number of urea groups is 1. The molecule has 0 bridgehead atoms. The van der Waals surface area contributed by atoms with Crippen LogP contribution in [0.5, 0.6) is 0 Å². The van der Waals surface area contributed by atoms with Crippen LogP contribution < -0.4 is 21.1 Å². The fraction of sp³-hybridized carbons (Fsp3) is 0.500. The van der Waals surface area contributed by atoms with Crippen molar-refractivity contribution < 1.29 is 27.5 Å². The minimum atomic E-state index is -3.40. The van der Waals surface area contributed by atoms with Crippen molar-refractivity contribution in [2.75, 3.05) is 24.7 Å². The first-order chi connectivity index (χ1) is 17.1. The molecule has 36 heavy (non-hydrogen) atoms. The highest BCUT2D eigenvalue weighted by Crippen LogP contribution is 2.38. The Balaban J connectivity index is 2.15. The zero-order valence-corrected chi connectivity index (χ0v) is 22.5. The molecule has 2 aromatic rings. The van der Waals surface area contributed by atoms with E-state index in [4.69, 9.17) is 15.2 Å². The third-order valence-corrected chi connectivity index (χ3v) is 7.14. The van der Waals surface area contributed by atoms with E-state index in [-0.39, 0.29) is 18.6 Å². The van der Waals surface area contributed by atoms with Crippen molar-refractivity contribution in [3.8, 4) is 0 Å². The Bertz CT molecular complexity index is 1080. The van der Waals surface area contributed by atoms with Gasteiger partial charge in [0.25, 0.3) is 0 Å². The fourth-order valence-electron chi connectivity index (χ4n) is 3.92. The Morgan fingerprint density at radius 1 is 1.22 bits per heavy atom. The highest BCUT2D eigenvalue weighted by Gasteiger charge is 2.39. The number of hydrogen-bond donors (Lipinski definition) is 4. The molecule has 200 valence electrons. The van der Waals surface area contributed by atoms with E-state index in [1.807, 2.05) is 17.5 Å². The van der Waals surface area contributed by atoms with Gasteiger partial charge in [0.1, 0.15) is 0 Å². The first-order valence-electron chi connectivity index (χ1n) is 11.7. The van der Waals surface area contributed by atoms with Crippen molar-refractivity contribution in [2.45, 2.75) is 57.2 Å². The molecule has 0 saturated carbocycles. The Labute approximate surface area is 217 Å². The number of nitrogens with one attached hydrogen (secondary N) is 3. The lowest BCUT2D eigenvalue weighted by atomic mass is 9.87. The van der Waals surface area contributed by atoms with Gasteiger partial charge in [-0.1, -0.05) is 38.0 Å². The van der Waals surface area contributed by atoms with Crippen molar-refractivity contribution in [3.63, 3.8) is 0 Å². The fourth-order valence-corrected chi connectivity index (χ4v) is 5.38. The Hall–Kier alpha value is -2.83. The molecule has 2 unspecified atom stereocenters. The number of ether oxygens (including phenoxy) is 2. The topological polar surface area (TPSA) is 149 Å².